The molecule has 1 aromatic carbocycles. The van der Waals surface area contributed by atoms with Crippen LogP contribution in [0.5, 0.6) is 5.75 Å². The van der Waals surface area contributed by atoms with E-state index in [2.05, 4.69) is 9.47 Å². The van der Waals surface area contributed by atoms with Gasteiger partial charge in [-0.15, -0.1) is 0 Å². The van der Waals surface area contributed by atoms with E-state index < -0.39 is 12.6 Å². The third-order valence-electron chi connectivity index (χ3n) is 2.24. The van der Waals surface area contributed by atoms with E-state index in [0.29, 0.717) is 0 Å². The molecule has 0 unspecified atom stereocenters. The summed E-state index contributed by atoms with van der Waals surface area (Å²) in [5, 5.41) is 0. The van der Waals surface area contributed by atoms with Crippen molar-refractivity contribution in [3.05, 3.63) is 29.3 Å². The third kappa shape index (κ3) is 3.26. The molecule has 6 heteroatoms. The number of methoxy groups -OCH3 is 1. The second-order valence-corrected chi connectivity index (χ2v) is 3.36. The molecule has 0 radical (unpaired) electrons. The first kappa shape index (κ1) is 14.1. The van der Waals surface area contributed by atoms with Crippen molar-refractivity contribution in [3.8, 4) is 5.75 Å². The van der Waals surface area contributed by atoms with Crippen LogP contribution in [0.4, 0.5) is 8.78 Å². The van der Waals surface area contributed by atoms with Crippen molar-refractivity contribution in [1.29, 1.82) is 0 Å². The largest absolute Gasteiger partial charge is 0.465 e. The van der Waals surface area contributed by atoms with Gasteiger partial charge in [0.25, 0.3) is 0 Å². The number of hydrogen-bond acceptors (Lipinski definition) is 4. The van der Waals surface area contributed by atoms with E-state index in [-0.39, 0.29) is 29.1 Å². The Kier molecular flexibility index (Phi) is 4.76. The molecule has 18 heavy (non-hydrogen) atoms. The summed E-state index contributed by atoms with van der Waals surface area (Å²) in [6, 6.07) is 3.67. The predicted octanol–water partition coefficient (Wildman–Crippen LogP) is 2.67. The van der Waals surface area contributed by atoms with Crippen LogP contribution in [0, 0.1) is 0 Å². The lowest BCUT2D eigenvalue weighted by Gasteiger charge is -2.10. The molecule has 0 fully saturated rings. The number of ketones is 1. The summed E-state index contributed by atoms with van der Waals surface area (Å²) in [5.74, 6) is -1.36. The molecule has 98 valence electrons. The van der Waals surface area contributed by atoms with Gasteiger partial charge in [-0.05, 0) is 18.2 Å². The fourth-order valence-electron chi connectivity index (χ4n) is 1.38. The van der Waals surface area contributed by atoms with E-state index in [1.54, 1.807) is 6.92 Å². The van der Waals surface area contributed by atoms with Gasteiger partial charge in [-0.2, -0.15) is 8.78 Å². The van der Waals surface area contributed by atoms with Gasteiger partial charge in [0.2, 0.25) is 0 Å². The van der Waals surface area contributed by atoms with Gasteiger partial charge in [0, 0.05) is 12.0 Å². The maximum absolute atomic E-state index is 12.2. The van der Waals surface area contributed by atoms with Crippen LogP contribution in [-0.4, -0.2) is 25.5 Å². The van der Waals surface area contributed by atoms with Crippen molar-refractivity contribution in [2.24, 2.45) is 0 Å². The Morgan fingerprint density at radius 3 is 2.50 bits per heavy atom. The van der Waals surface area contributed by atoms with Crippen LogP contribution in [0.1, 0.15) is 34.1 Å². The molecule has 0 aliphatic rings. The Labute approximate surface area is 103 Å². The minimum absolute atomic E-state index is 0.197. The minimum atomic E-state index is -3.05. The number of hydrogen-bond donors (Lipinski definition) is 0. The van der Waals surface area contributed by atoms with Gasteiger partial charge in [0.15, 0.2) is 5.78 Å². The number of carbonyl (C=O) groups excluding carboxylic acids is 2. The molecule has 0 aromatic heterocycles. The van der Waals surface area contributed by atoms with Crippen LogP contribution in [0.2, 0.25) is 0 Å². The first-order chi connectivity index (χ1) is 8.49. The maximum Gasteiger partial charge on any atom is 0.387 e. The van der Waals surface area contributed by atoms with Crippen molar-refractivity contribution >= 4 is 11.8 Å². The fraction of sp³-hybridized carbons (Fsp3) is 0.333. The zero-order chi connectivity index (χ0) is 13.7. The molecule has 0 saturated carbocycles. The predicted molar refractivity (Wildman–Crippen MR) is 59.0 cm³/mol. The van der Waals surface area contributed by atoms with E-state index in [4.69, 9.17) is 0 Å². The van der Waals surface area contributed by atoms with Gasteiger partial charge in [0.05, 0.1) is 7.11 Å². The highest BCUT2D eigenvalue weighted by Gasteiger charge is 2.18. The molecule has 0 aliphatic carbocycles. The normalized spacial score (nSPS) is 10.3. The van der Waals surface area contributed by atoms with Crippen LogP contribution in [0.15, 0.2) is 18.2 Å². The monoisotopic (exact) mass is 258 g/mol. The third-order valence-corrected chi connectivity index (χ3v) is 2.24. The first-order valence-electron chi connectivity index (χ1n) is 5.20. The van der Waals surface area contributed by atoms with Crippen LogP contribution in [0.25, 0.3) is 0 Å². The topological polar surface area (TPSA) is 52.6 Å². The zero-order valence-electron chi connectivity index (χ0n) is 9.91. The maximum atomic E-state index is 12.2. The molecule has 1 aromatic rings. The van der Waals surface area contributed by atoms with Gasteiger partial charge in [-0.25, -0.2) is 4.79 Å². The van der Waals surface area contributed by atoms with Gasteiger partial charge in [-0.1, -0.05) is 6.92 Å². The summed E-state index contributed by atoms with van der Waals surface area (Å²) in [6.07, 6.45) is 0.246. The molecular formula is C12H12F2O4. The quantitative estimate of drug-likeness (QED) is 0.602. The number of Topliss-reactive ketones (excluding diaryl/α,β-unsaturated/α-hetero) is 1. The molecule has 0 heterocycles. The van der Waals surface area contributed by atoms with Crippen molar-refractivity contribution in [2.45, 2.75) is 20.0 Å². The highest BCUT2D eigenvalue weighted by atomic mass is 19.3. The molecular weight excluding hydrogens is 246 g/mol. The van der Waals surface area contributed by atoms with Gasteiger partial charge < -0.3 is 9.47 Å². The highest BCUT2D eigenvalue weighted by Crippen LogP contribution is 2.23. The number of esters is 1. The summed E-state index contributed by atoms with van der Waals surface area (Å²) < 4.78 is 32.9. The lowest BCUT2D eigenvalue weighted by atomic mass is 10.0. The molecule has 0 N–H and O–H groups in total. The van der Waals surface area contributed by atoms with Gasteiger partial charge in [0.1, 0.15) is 11.3 Å². The average molecular weight is 258 g/mol. The first-order valence-corrected chi connectivity index (χ1v) is 5.20. The van der Waals surface area contributed by atoms with Crippen molar-refractivity contribution in [3.63, 3.8) is 0 Å². The number of rotatable bonds is 5. The number of halogens is 2. The van der Waals surface area contributed by atoms with Crippen LogP contribution >= 0.6 is 0 Å². The second-order valence-electron chi connectivity index (χ2n) is 3.36. The fourth-order valence-corrected chi connectivity index (χ4v) is 1.38. The molecule has 0 atom stereocenters. The Bertz CT molecular complexity index is 457. The summed E-state index contributed by atoms with van der Waals surface area (Å²) in [5.41, 5.74) is 0.0524. The van der Waals surface area contributed by atoms with Crippen molar-refractivity contribution in [2.75, 3.05) is 7.11 Å². The zero-order valence-corrected chi connectivity index (χ0v) is 9.91. The summed E-state index contributed by atoms with van der Waals surface area (Å²) in [6.45, 7) is -1.40. The highest BCUT2D eigenvalue weighted by molar-refractivity contribution is 6.00. The van der Waals surface area contributed by atoms with Crippen molar-refractivity contribution in [1.82, 2.24) is 0 Å². The second kappa shape index (κ2) is 6.09. The van der Waals surface area contributed by atoms with Crippen LogP contribution in [0.3, 0.4) is 0 Å². The van der Waals surface area contributed by atoms with E-state index in [9.17, 15) is 18.4 Å². The summed E-state index contributed by atoms with van der Waals surface area (Å²) in [4.78, 5) is 22.9. The minimum Gasteiger partial charge on any atom is -0.465 e. The van der Waals surface area contributed by atoms with Crippen molar-refractivity contribution < 1.29 is 27.8 Å². The summed E-state index contributed by atoms with van der Waals surface area (Å²) in [7, 11) is 1.11. The van der Waals surface area contributed by atoms with E-state index >= 15 is 0 Å². The Balaban J connectivity index is 3.20. The molecule has 0 spiro atoms. The standard InChI is InChI=1S/C12H12F2O4/c1-3-9(15)7-4-5-10(18-12(13)14)8(6-7)11(16)17-2/h4-6,12H,3H2,1-2H3. The Morgan fingerprint density at radius 2 is 2.00 bits per heavy atom. The lowest BCUT2D eigenvalue weighted by molar-refractivity contribution is -0.0504. The number of carbonyl (C=O) groups is 2. The molecule has 0 amide bonds. The molecule has 4 nitrogen and oxygen atoms in total. The Hall–Kier alpha value is -1.98. The van der Waals surface area contributed by atoms with Gasteiger partial charge in [-0.3, -0.25) is 4.79 Å². The SMILES string of the molecule is CCC(=O)c1ccc(OC(F)F)c(C(=O)OC)c1. The van der Waals surface area contributed by atoms with E-state index in [0.717, 1.165) is 13.2 Å². The number of benzene rings is 1. The number of alkyl halides is 2. The number of ether oxygens (including phenoxy) is 2. The smallest absolute Gasteiger partial charge is 0.387 e. The average Bonchev–Trinajstić information content (AvgIpc) is 2.36. The molecule has 0 saturated heterocycles. The van der Waals surface area contributed by atoms with Gasteiger partial charge >= 0.3 is 12.6 Å². The van der Waals surface area contributed by atoms with E-state index in [1.807, 2.05) is 0 Å². The molecule has 1 rings (SSSR count). The molecule has 0 bridgehead atoms. The Morgan fingerprint density at radius 1 is 1.33 bits per heavy atom. The summed E-state index contributed by atoms with van der Waals surface area (Å²) >= 11 is 0. The van der Waals surface area contributed by atoms with Crippen LogP contribution < -0.4 is 4.74 Å². The van der Waals surface area contributed by atoms with E-state index in [1.165, 1.54) is 12.1 Å². The molecule has 0 aliphatic heterocycles. The van der Waals surface area contributed by atoms with Crippen LogP contribution in [-0.2, 0) is 4.74 Å². The lowest BCUT2D eigenvalue weighted by Crippen LogP contribution is -2.10.